The van der Waals surface area contributed by atoms with E-state index >= 15 is 0 Å². The largest absolute Gasteiger partial charge is 0.508 e. The number of aliphatic imine (C=N–C) groups is 2. The van der Waals surface area contributed by atoms with Crippen LogP contribution in [-0.4, -0.2) is 172 Å². The Morgan fingerprint density at radius 2 is 1.11 bits per heavy atom. The third kappa shape index (κ3) is 21.9. The fraction of sp³-hybridized carbons (Fsp3) is 0.643. The van der Waals surface area contributed by atoms with Gasteiger partial charge in [0.05, 0.1) is 32.4 Å². The van der Waals surface area contributed by atoms with Crippen molar-refractivity contribution in [3.8, 4) is 5.75 Å². The highest BCUT2D eigenvalue weighted by atomic mass is 16.5. The number of guanidine groups is 2. The number of esters is 1. The van der Waals surface area contributed by atoms with E-state index in [4.69, 9.17) is 27.7 Å². The average Bonchev–Trinajstić information content (AvgIpc) is 1.83. The quantitative estimate of drug-likeness (QED) is 0.0147. The molecule has 4 rings (SSSR count). The number of hydrogen-bond acceptors (Lipinski definition) is 16. The van der Waals surface area contributed by atoms with Crippen LogP contribution in [0.3, 0.4) is 0 Å². The summed E-state index contributed by atoms with van der Waals surface area (Å²) in [5.41, 5.74) is 23.9. The van der Waals surface area contributed by atoms with Gasteiger partial charge in [-0.15, -0.1) is 0 Å². The molecule has 0 spiro atoms. The number of aryl methyl sites for hydroxylation is 1. The topological polar surface area (TPSA) is 520 Å². The molecule has 0 radical (unpaired) electrons. The summed E-state index contributed by atoms with van der Waals surface area (Å²) in [7, 11) is 0. The van der Waals surface area contributed by atoms with Gasteiger partial charge in [-0.3, -0.25) is 62.7 Å². The van der Waals surface area contributed by atoms with Gasteiger partial charge in [-0.05, 0) is 117 Å². The molecule has 0 aliphatic heterocycles. The molecule has 2 fully saturated rings. The van der Waals surface area contributed by atoms with Gasteiger partial charge in [0, 0.05) is 24.9 Å². The molecule has 31 nitrogen and oxygen atoms in total. The summed E-state index contributed by atoms with van der Waals surface area (Å²) in [6.07, 6.45) is 2.21. The fourth-order valence-electron chi connectivity index (χ4n) is 11.6. The molecule has 0 bridgehead atoms. The Hall–Kier alpha value is -8.80. The van der Waals surface area contributed by atoms with Crippen LogP contribution in [0.25, 0.3) is 0 Å². The molecule has 8 amide bonds. The number of phenols is 1. The summed E-state index contributed by atoms with van der Waals surface area (Å²) in [6.45, 7) is 6.43. The van der Waals surface area contributed by atoms with Crippen molar-refractivity contribution in [2.45, 2.75) is 173 Å². The first-order valence-corrected chi connectivity index (χ1v) is 29.0. The number of rotatable bonds is 34. The third-order valence-corrected chi connectivity index (χ3v) is 16.0. The number of carbonyl (C=O) groups is 12. The standard InChI is InChI=1S/C56H86N14O17/c1-27(2)46(52(84)68-36(9-7-21-62-55(59)60)49(81)64-26-42(74)67-38(24-44(77)78)51(83)70-47(28(3)4)53(85)86)69-50(82)37(23-43(75)76)66-41(73)25-63-48(80)35(8-6-20-61-54(57)58)65-40(72)16-17-45(79)87-39-15-14-34-33-12-10-29-22-30(71)11-13-31(29)32(33)18-19-56(34,39)5/h11,13,22,27-28,32-39,46-47,71H,6-10,12,14-21,23-26H2,1-5H3,(H,63,80)(H,64,81)(H,65,72)(H,66,73)(H,67,74)(H,68,84)(H,69,82)(H,70,83)(H,75,76)(H,77,78)(H,85,86)(H4,57,58,61)(H4,59,60,62)/t32-,33-,34+,35+,36+,37+,38+,39+,46+,47+,56+/m1/s1. The van der Waals surface area contributed by atoms with E-state index in [1.807, 2.05) is 12.1 Å². The number of benzene rings is 1. The number of aliphatic carboxylic acids is 3. The molecule has 0 unspecified atom stereocenters. The second-order valence-electron chi connectivity index (χ2n) is 23.1. The number of carboxylic acid groups (broad SMARTS) is 3. The molecule has 20 N–H and O–H groups in total. The summed E-state index contributed by atoms with van der Waals surface area (Å²) in [4.78, 5) is 164. The van der Waals surface area contributed by atoms with Crippen molar-refractivity contribution in [3.05, 3.63) is 29.3 Å². The van der Waals surface area contributed by atoms with E-state index < -0.39 is 145 Å². The van der Waals surface area contributed by atoms with Crippen molar-refractivity contribution in [3.63, 3.8) is 0 Å². The number of carboxylic acids is 3. The lowest BCUT2D eigenvalue weighted by Gasteiger charge is -2.50. The van der Waals surface area contributed by atoms with E-state index in [-0.39, 0.29) is 80.8 Å². The highest BCUT2D eigenvalue weighted by molar-refractivity contribution is 5.98. The van der Waals surface area contributed by atoms with E-state index in [1.54, 1.807) is 6.07 Å². The van der Waals surface area contributed by atoms with Crippen LogP contribution in [0.4, 0.5) is 0 Å². The van der Waals surface area contributed by atoms with Crippen molar-refractivity contribution in [1.29, 1.82) is 0 Å². The Morgan fingerprint density at radius 1 is 0.609 bits per heavy atom. The normalized spacial score (nSPS) is 20.3. The summed E-state index contributed by atoms with van der Waals surface area (Å²) in [5, 5.41) is 57.2. The maximum atomic E-state index is 13.9. The predicted octanol–water partition coefficient (Wildman–Crippen LogP) is -2.47. The van der Waals surface area contributed by atoms with Crippen molar-refractivity contribution in [1.82, 2.24) is 42.5 Å². The van der Waals surface area contributed by atoms with Crippen LogP contribution in [0.15, 0.2) is 28.2 Å². The number of nitrogens with zero attached hydrogens (tertiary/aromatic N) is 2. The highest BCUT2D eigenvalue weighted by Gasteiger charge is 2.56. The lowest BCUT2D eigenvalue weighted by Crippen LogP contribution is -2.59. The number of ether oxygens (including phenoxy) is 1. The van der Waals surface area contributed by atoms with Gasteiger partial charge < -0.3 is 90.6 Å². The molecule has 1 aromatic carbocycles. The summed E-state index contributed by atoms with van der Waals surface area (Å²) in [6, 6.07) is -3.73. The molecule has 11 atom stereocenters. The second kappa shape index (κ2) is 33.2. The number of nitrogens with one attached hydrogen (secondary N) is 8. The zero-order valence-electron chi connectivity index (χ0n) is 49.7. The first kappa shape index (κ1) is 70.7. The fourth-order valence-corrected chi connectivity index (χ4v) is 11.6. The predicted molar refractivity (Wildman–Crippen MR) is 311 cm³/mol. The lowest BCUT2D eigenvalue weighted by molar-refractivity contribution is -0.158. The van der Waals surface area contributed by atoms with Gasteiger partial charge in [-0.25, -0.2) is 4.79 Å². The van der Waals surface area contributed by atoms with Crippen molar-refractivity contribution >= 4 is 83.1 Å². The summed E-state index contributed by atoms with van der Waals surface area (Å²) >= 11 is 0. The minimum absolute atomic E-state index is 0.0375. The van der Waals surface area contributed by atoms with Crippen LogP contribution >= 0.6 is 0 Å². The van der Waals surface area contributed by atoms with Gasteiger partial charge in [-0.2, -0.15) is 0 Å². The molecule has 3 aliphatic carbocycles. The van der Waals surface area contributed by atoms with Gasteiger partial charge in [0.25, 0.3) is 0 Å². The molecule has 482 valence electrons. The molecule has 0 aromatic heterocycles. The lowest BCUT2D eigenvalue weighted by atomic mass is 9.55. The number of fused-ring (bicyclic) bond motifs is 5. The van der Waals surface area contributed by atoms with Gasteiger partial charge >= 0.3 is 23.9 Å². The summed E-state index contributed by atoms with van der Waals surface area (Å²) < 4.78 is 6.07. The maximum Gasteiger partial charge on any atom is 0.326 e. The number of amides is 8. The van der Waals surface area contributed by atoms with Crippen LogP contribution in [0.2, 0.25) is 0 Å². The first-order valence-electron chi connectivity index (χ1n) is 29.0. The SMILES string of the molecule is CC(C)[C@H](NC(=O)[C@H](CC(=O)O)NC(=O)CNC(=O)[C@H](CCCN=C(N)N)NC(=O)[C@@H](NC(=O)[C@H](CC(=O)O)NC(=O)CNC(=O)[C@H](CCCN=C(N)N)NC(=O)CCC(=O)O[C@H]1CC[C@H]2[C@@H]3CCc4cc(O)ccc4[C@H]3CC[C@]12C)C(C)C)C(=O)O. The monoisotopic (exact) mass is 1230 g/mol. The van der Waals surface area contributed by atoms with Crippen molar-refractivity contribution in [2.75, 3.05) is 26.2 Å². The number of nitrogens with two attached hydrogens (primary N) is 4. The van der Waals surface area contributed by atoms with Gasteiger partial charge in [-0.1, -0.05) is 40.7 Å². The molecular formula is C56H86N14O17. The van der Waals surface area contributed by atoms with Gasteiger partial charge in [0.2, 0.25) is 47.3 Å². The number of aromatic hydroxyl groups is 1. The first-order chi connectivity index (χ1) is 40.9. The molecule has 0 heterocycles. The minimum atomic E-state index is -1.85. The number of phenolic OH excluding ortho intramolecular Hbond substituents is 1. The molecule has 31 heteroatoms. The molecule has 3 aliphatic rings. The Kier molecular flexibility index (Phi) is 27.0. The minimum Gasteiger partial charge on any atom is -0.508 e. The van der Waals surface area contributed by atoms with Crippen LogP contribution in [0.1, 0.15) is 135 Å². The van der Waals surface area contributed by atoms with Gasteiger partial charge in [0.15, 0.2) is 11.9 Å². The van der Waals surface area contributed by atoms with E-state index in [9.17, 15) is 78.0 Å². The third-order valence-electron chi connectivity index (χ3n) is 16.0. The number of carbonyl (C=O) groups excluding carboxylic acids is 9. The van der Waals surface area contributed by atoms with E-state index in [0.717, 1.165) is 32.1 Å². The Balaban J connectivity index is 1.36. The maximum absolute atomic E-state index is 13.9. The van der Waals surface area contributed by atoms with Crippen LogP contribution in [0, 0.1) is 29.1 Å². The number of hydrogen-bond donors (Lipinski definition) is 16. The van der Waals surface area contributed by atoms with E-state index in [2.05, 4.69) is 59.4 Å². The molecular weight excluding hydrogens is 1140 g/mol. The summed E-state index contributed by atoms with van der Waals surface area (Å²) in [5.74, 6) is -13.6. The van der Waals surface area contributed by atoms with Crippen LogP contribution < -0.4 is 65.5 Å². The Morgan fingerprint density at radius 3 is 1.61 bits per heavy atom. The Labute approximate surface area is 502 Å². The van der Waals surface area contributed by atoms with Crippen LogP contribution in [-0.2, 0) is 68.7 Å². The zero-order chi connectivity index (χ0) is 64.9. The van der Waals surface area contributed by atoms with Crippen molar-refractivity contribution < 1.29 is 82.7 Å². The molecule has 2 saturated carbocycles. The Bertz CT molecular complexity index is 2750. The zero-order valence-corrected chi connectivity index (χ0v) is 49.7. The average molecular weight is 1230 g/mol. The van der Waals surface area contributed by atoms with Crippen molar-refractivity contribution in [2.24, 2.45) is 62.0 Å². The smallest absolute Gasteiger partial charge is 0.326 e. The van der Waals surface area contributed by atoms with Gasteiger partial charge in [0.1, 0.15) is 48.1 Å². The second-order valence-corrected chi connectivity index (χ2v) is 23.1. The van der Waals surface area contributed by atoms with E-state index in [1.165, 1.54) is 38.8 Å². The highest BCUT2D eigenvalue weighted by Crippen LogP contribution is 2.61. The molecule has 1 aromatic rings. The molecule has 87 heavy (non-hydrogen) atoms. The van der Waals surface area contributed by atoms with E-state index in [0.29, 0.717) is 24.2 Å². The molecule has 0 saturated heterocycles. The van der Waals surface area contributed by atoms with Crippen LogP contribution in [0.5, 0.6) is 5.75 Å².